The highest BCUT2D eigenvalue weighted by molar-refractivity contribution is 6.02. The molecule has 0 aliphatic rings. The van der Waals surface area contributed by atoms with Gasteiger partial charge < -0.3 is 5.32 Å². The van der Waals surface area contributed by atoms with Gasteiger partial charge in [0, 0.05) is 25.4 Å². The summed E-state index contributed by atoms with van der Waals surface area (Å²) < 4.78 is 14.5. The van der Waals surface area contributed by atoms with Crippen LogP contribution in [0.3, 0.4) is 0 Å². The summed E-state index contributed by atoms with van der Waals surface area (Å²) in [5, 5.41) is 13.6. The number of hydrogen-bond acceptors (Lipinski definition) is 4. The molecule has 1 aromatic heterocycles. The number of carbonyl (C=O) groups is 2. The number of hydroxylamine groups is 1. The maximum Gasteiger partial charge on any atom is 0.327 e. The number of urea groups is 1. The van der Waals surface area contributed by atoms with Crippen LogP contribution in [-0.4, -0.2) is 29.2 Å². The number of aryl methyl sites for hydroxylation is 1. The molecule has 172 valence electrons. The molecule has 7 nitrogen and oxygen atoms in total. The normalized spacial score (nSPS) is 10.7. The smallest absolute Gasteiger partial charge is 0.307 e. The summed E-state index contributed by atoms with van der Waals surface area (Å²) in [6.07, 6.45) is 1.70. The number of hydrogen-bond donors (Lipinski definition) is 3. The highest BCUT2D eigenvalue weighted by atomic mass is 19.1. The van der Waals surface area contributed by atoms with E-state index in [1.807, 2.05) is 42.5 Å². The highest BCUT2D eigenvalue weighted by Gasteiger charge is 2.14. The van der Waals surface area contributed by atoms with E-state index < -0.39 is 11.7 Å². The van der Waals surface area contributed by atoms with Crippen LogP contribution in [0.1, 0.15) is 12.0 Å². The third kappa shape index (κ3) is 5.19. The summed E-state index contributed by atoms with van der Waals surface area (Å²) in [5.41, 5.74) is 3.87. The molecule has 0 fully saturated rings. The molecule has 0 aliphatic heterocycles. The Kier molecular flexibility index (Phi) is 6.79. The lowest BCUT2D eigenvalue weighted by atomic mass is 10.0. The second kappa shape index (κ2) is 10.1. The van der Waals surface area contributed by atoms with Gasteiger partial charge in [-0.05, 0) is 64.2 Å². The number of amides is 3. The lowest BCUT2D eigenvalue weighted by Gasteiger charge is -2.18. The van der Waals surface area contributed by atoms with E-state index in [1.165, 1.54) is 16.4 Å². The van der Waals surface area contributed by atoms with Gasteiger partial charge in [-0.15, -0.1) is 0 Å². The van der Waals surface area contributed by atoms with Crippen LogP contribution in [0.5, 0.6) is 0 Å². The third-order valence-corrected chi connectivity index (χ3v) is 5.53. The van der Waals surface area contributed by atoms with Crippen molar-refractivity contribution in [2.45, 2.75) is 12.8 Å². The number of aromatic nitrogens is 1. The van der Waals surface area contributed by atoms with Crippen LogP contribution in [0, 0.1) is 5.82 Å². The second-order valence-corrected chi connectivity index (χ2v) is 7.79. The quantitative estimate of drug-likeness (QED) is 0.275. The van der Waals surface area contributed by atoms with Crippen molar-refractivity contribution in [2.75, 3.05) is 17.3 Å². The average Bonchev–Trinajstić information content (AvgIpc) is 2.87. The zero-order valence-electron chi connectivity index (χ0n) is 18.5. The fourth-order valence-electron chi connectivity index (χ4n) is 3.59. The summed E-state index contributed by atoms with van der Waals surface area (Å²) in [7, 11) is 1.61. The Balaban J connectivity index is 1.49. The van der Waals surface area contributed by atoms with Crippen LogP contribution >= 0.6 is 0 Å². The maximum absolute atomic E-state index is 14.5. The molecule has 0 bridgehead atoms. The standard InChI is InChI=1S/C26H23FN4O3/c1-31(26(33)29-22-10-8-17-4-2-3-5-19(17)14-22)24-16-21(12-13-28-24)20-7-6-18(23(27)15-20)9-11-25(32)30-34/h2-8,10,12-16,34H,9,11H2,1H3,(H,29,33)(H,30,32). The third-order valence-electron chi connectivity index (χ3n) is 5.53. The summed E-state index contributed by atoms with van der Waals surface area (Å²) in [4.78, 5) is 29.7. The molecular formula is C26H23FN4O3. The Morgan fingerprint density at radius 1 is 0.971 bits per heavy atom. The highest BCUT2D eigenvalue weighted by Crippen LogP contribution is 2.26. The molecule has 4 rings (SSSR count). The SMILES string of the molecule is CN(C(=O)Nc1ccc2ccccc2c1)c1cc(-c2ccc(CCC(=O)NO)c(F)c2)ccn1. The summed E-state index contributed by atoms with van der Waals surface area (Å²) in [5.74, 6) is -0.629. The van der Waals surface area contributed by atoms with E-state index in [4.69, 9.17) is 5.21 Å². The predicted molar refractivity (Wildman–Crippen MR) is 129 cm³/mol. The van der Waals surface area contributed by atoms with Crippen LogP contribution < -0.4 is 15.7 Å². The molecule has 0 spiro atoms. The van der Waals surface area contributed by atoms with E-state index in [2.05, 4.69) is 10.3 Å². The number of nitrogens with zero attached hydrogens (tertiary/aromatic N) is 2. The fraction of sp³-hybridized carbons (Fsp3) is 0.115. The van der Waals surface area contributed by atoms with Gasteiger partial charge in [0.25, 0.3) is 0 Å². The number of halogens is 1. The first-order chi connectivity index (χ1) is 16.4. The van der Waals surface area contributed by atoms with Crippen LogP contribution in [0.25, 0.3) is 21.9 Å². The Morgan fingerprint density at radius 2 is 1.74 bits per heavy atom. The summed E-state index contributed by atoms with van der Waals surface area (Å²) in [6.45, 7) is 0. The van der Waals surface area contributed by atoms with Gasteiger partial charge in [-0.1, -0.05) is 42.5 Å². The number of fused-ring (bicyclic) bond motifs is 1. The molecule has 3 aromatic carbocycles. The Hall–Kier alpha value is -4.30. The van der Waals surface area contributed by atoms with Crippen molar-refractivity contribution in [3.63, 3.8) is 0 Å². The molecule has 0 saturated carbocycles. The lowest BCUT2D eigenvalue weighted by molar-refractivity contribution is -0.129. The van der Waals surface area contributed by atoms with Crippen molar-refractivity contribution >= 4 is 34.2 Å². The van der Waals surface area contributed by atoms with Gasteiger partial charge in [0.2, 0.25) is 5.91 Å². The Labute approximate surface area is 195 Å². The first-order valence-electron chi connectivity index (χ1n) is 10.7. The Bertz CT molecular complexity index is 1360. The van der Waals surface area contributed by atoms with Gasteiger partial charge in [0.05, 0.1) is 0 Å². The average molecular weight is 458 g/mol. The van der Waals surface area contributed by atoms with Crippen molar-refractivity contribution in [1.82, 2.24) is 10.5 Å². The Morgan fingerprint density at radius 3 is 2.50 bits per heavy atom. The summed E-state index contributed by atoms with van der Waals surface area (Å²) >= 11 is 0. The molecule has 8 heteroatoms. The van der Waals surface area contributed by atoms with Crippen molar-refractivity contribution in [1.29, 1.82) is 0 Å². The molecule has 0 aliphatic carbocycles. The molecular weight excluding hydrogens is 435 g/mol. The predicted octanol–water partition coefficient (Wildman–Crippen LogP) is 5.15. The zero-order valence-corrected chi connectivity index (χ0v) is 18.5. The molecule has 1 heterocycles. The molecule has 3 amide bonds. The molecule has 3 N–H and O–H groups in total. The van der Waals surface area contributed by atoms with E-state index in [0.717, 1.165) is 10.8 Å². The monoisotopic (exact) mass is 458 g/mol. The molecule has 0 saturated heterocycles. The number of rotatable bonds is 6. The summed E-state index contributed by atoms with van der Waals surface area (Å²) in [6, 6.07) is 21.4. The second-order valence-electron chi connectivity index (χ2n) is 7.79. The minimum absolute atomic E-state index is 0.0245. The van der Waals surface area contributed by atoms with Gasteiger partial charge in [-0.25, -0.2) is 19.6 Å². The minimum atomic E-state index is -0.577. The van der Waals surface area contributed by atoms with Gasteiger partial charge >= 0.3 is 6.03 Å². The number of benzene rings is 3. The van der Waals surface area contributed by atoms with Crippen LogP contribution in [0.2, 0.25) is 0 Å². The number of carbonyl (C=O) groups excluding carboxylic acids is 2. The van der Waals surface area contributed by atoms with Crippen LogP contribution in [-0.2, 0) is 11.2 Å². The molecule has 0 atom stereocenters. The van der Waals surface area contributed by atoms with Gasteiger partial charge in [-0.3, -0.25) is 14.9 Å². The first-order valence-corrected chi connectivity index (χ1v) is 10.7. The fourth-order valence-corrected chi connectivity index (χ4v) is 3.59. The van der Waals surface area contributed by atoms with E-state index >= 15 is 0 Å². The first kappa shape index (κ1) is 22.9. The number of anilines is 2. The number of nitrogens with one attached hydrogen (secondary N) is 2. The molecule has 0 radical (unpaired) electrons. The van der Waals surface area contributed by atoms with Crippen molar-refractivity contribution in [2.24, 2.45) is 0 Å². The van der Waals surface area contributed by atoms with Crippen molar-refractivity contribution < 1.29 is 19.2 Å². The van der Waals surface area contributed by atoms with Crippen molar-refractivity contribution in [3.05, 3.63) is 90.4 Å². The lowest BCUT2D eigenvalue weighted by Crippen LogP contribution is -2.31. The van der Waals surface area contributed by atoms with E-state index in [1.54, 1.807) is 37.5 Å². The van der Waals surface area contributed by atoms with Crippen molar-refractivity contribution in [3.8, 4) is 11.1 Å². The molecule has 0 unspecified atom stereocenters. The minimum Gasteiger partial charge on any atom is -0.307 e. The topological polar surface area (TPSA) is 94.6 Å². The van der Waals surface area contributed by atoms with E-state index in [-0.39, 0.29) is 18.9 Å². The maximum atomic E-state index is 14.5. The largest absolute Gasteiger partial charge is 0.327 e. The van der Waals surface area contributed by atoms with Gasteiger partial charge in [0.1, 0.15) is 11.6 Å². The van der Waals surface area contributed by atoms with E-state index in [9.17, 15) is 14.0 Å². The van der Waals surface area contributed by atoms with E-state index in [0.29, 0.717) is 28.2 Å². The van der Waals surface area contributed by atoms with Crippen LogP contribution in [0.15, 0.2) is 79.0 Å². The van der Waals surface area contributed by atoms with Gasteiger partial charge in [-0.2, -0.15) is 0 Å². The molecule has 34 heavy (non-hydrogen) atoms. The van der Waals surface area contributed by atoms with Gasteiger partial charge in [0.15, 0.2) is 0 Å². The molecule has 4 aromatic rings. The zero-order chi connectivity index (χ0) is 24.1. The number of pyridine rings is 1. The van der Waals surface area contributed by atoms with Crippen LogP contribution in [0.4, 0.5) is 20.7 Å².